The van der Waals surface area contributed by atoms with Crippen LogP contribution in [0, 0.1) is 11.3 Å². The van der Waals surface area contributed by atoms with E-state index in [-0.39, 0.29) is 12.0 Å². The fraction of sp³-hybridized carbons (Fsp3) is 0.286. The first-order valence-electron chi connectivity index (χ1n) is 9.25. The molecule has 156 valence electrons. The Labute approximate surface area is 187 Å². The quantitative estimate of drug-likeness (QED) is 0.621. The highest BCUT2D eigenvalue weighted by atomic mass is 79.9. The van der Waals surface area contributed by atoms with Gasteiger partial charge in [0.1, 0.15) is 16.8 Å². The molecule has 3 rings (SSSR count). The summed E-state index contributed by atoms with van der Waals surface area (Å²) in [6, 6.07) is 7.69. The summed E-state index contributed by atoms with van der Waals surface area (Å²) < 4.78 is 11.2. The molecule has 2 aromatic rings. The molecule has 1 aromatic heterocycles. The van der Waals surface area contributed by atoms with Crippen LogP contribution in [0.4, 0.5) is 9.80 Å². The van der Waals surface area contributed by atoms with Crippen LogP contribution in [0.25, 0.3) is 6.08 Å². The van der Waals surface area contributed by atoms with Crippen molar-refractivity contribution in [2.75, 3.05) is 25.6 Å². The third-order valence-electron chi connectivity index (χ3n) is 4.54. The molecule has 0 bridgehead atoms. The average Bonchev–Trinajstić information content (AvgIpc) is 3.08. The Morgan fingerprint density at radius 1 is 1.43 bits per heavy atom. The highest BCUT2D eigenvalue weighted by Crippen LogP contribution is 2.37. The monoisotopic (exact) mass is 489 g/mol. The lowest BCUT2D eigenvalue weighted by Crippen LogP contribution is -2.35. The fourth-order valence-electron chi connectivity index (χ4n) is 3.13. The molecular formula is C21H20BrN3O4S. The lowest BCUT2D eigenvalue weighted by atomic mass is 10.0. The molecule has 0 aliphatic carbocycles. The van der Waals surface area contributed by atoms with Crippen molar-refractivity contribution in [1.29, 1.82) is 5.26 Å². The number of carbonyl (C=O) groups is 2. The summed E-state index contributed by atoms with van der Waals surface area (Å²) in [6.07, 6.45) is 3.23. The van der Waals surface area contributed by atoms with Crippen LogP contribution in [0.2, 0.25) is 0 Å². The number of ether oxygens (including phenoxy) is 2. The van der Waals surface area contributed by atoms with Crippen molar-refractivity contribution in [1.82, 2.24) is 4.90 Å². The molecule has 9 heteroatoms. The minimum Gasteiger partial charge on any atom is -0.496 e. The van der Waals surface area contributed by atoms with Crippen LogP contribution >= 0.6 is 27.3 Å². The largest absolute Gasteiger partial charge is 0.496 e. The predicted molar refractivity (Wildman–Crippen MR) is 119 cm³/mol. The molecular weight excluding hydrogens is 470 g/mol. The second-order valence-corrected chi connectivity index (χ2v) is 8.42. The maximum atomic E-state index is 12.5. The Balaban J connectivity index is 1.76. The zero-order valence-electron chi connectivity index (χ0n) is 16.5. The first kappa shape index (κ1) is 21.9. The average molecular weight is 490 g/mol. The normalized spacial score (nSPS) is 12.9. The highest BCUT2D eigenvalue weighted by Gasteiger charge is 2.27. The van der Waals surface area contributed by atoms with E-state index in [1.165, 1.54) is 17.4 Å². The summed E-state index contributed by atoms with van der Waals surface area (Å²) >= 11 is 4.72. The van der Waals surface area contributed by atoms with Crippen LogP contribution in [-0.2, 0) is 22.5 Å². The van der Waals surface area contributed by atoms with Crippen molar-refractivity contribution >= 4 is 50.3 Å². The van der Waals surface area contributed by atoms with Crippen LogP contribution < -0.4 is 10.1 Å². The van der Waals surface area contributed by atoms with Gasteiger partial charge in [-0.15, -0.1) is 11.3 Å². The van der Waals surface area contributed by atoms with Gasteiger partial charge in [0.05, 0.1) is 25.8 Å². The van der Waals surface area contributed by atoms with Gasteiger partial charge in [0.15, 0.2) is 0 Å². The van der Waals surface area contributed by atoms with Crippen LogP contribution in [0.5, 0.6) is 5.75 Å². The SMILES string of the molecule is CCOC(=O)N1CCc2c(sc(NC(=O)/C=C/c3cc(Br)ccc3OC)c2C#N)C1. The van der Waals surface area contributed by atoms with E-state index < -0.39 is 0 Å². The van der Waals surface area contributed by atoms with Crippen molar-refractivity contribution in [3.8, 4) is 11.8 Å². The fourth-order valence-corrected chi connectivity index (χ4v) is 4.73. The number of rotatable bonds is 5. The lowest BCUT2D eigenvalue weighted by molar-refractivity contribution is -0.111. The number of hydrogen-bond acceptors (Lipinski definition) is 6. The van der Waals surface area contributed by atoms with E-state index in [1.54, 1.807) is 31.1 Å². The van der Waals surface area contributed by atoms with Crippen molar-refractivity contribution in [3.05, 3.63) is 50.3 Å². The van der Waals surface area contributed by atoms with Gasteiger partial charge >= 0.3 is 6.09 Å². The molecule has 1 aromatic carbocycles. The second kappa shape index (κ2) is 9.78. The molecule has 2 heterocycles. The Bertz CT molecular complexity index is 1040. The van der Waals surface area contributed by atoms with E-state index in [0.29, 0.717) is 42.4 Å². The number of halogens is 1. The number of thiophene rings is 1. The third kappa shape index (κ3) is 4.83. The molecule has 30 heavy (non-hydrogen) atoms. The summed E-state index contributed by atoms with van der Waals surface area (Å²) in [4.78, 5) is 27.0. The van der Waals surface area contributed by atoms with E-state index in [0.717, 1.165) is 20.5 Å². The van der Waals surface area contributed by atoms with E-state index in [2.05, 4.69) is 27.3 Å². The number of nitrogens with zero attached hydrogens (tertiary/aromatic N) is 2. The van der Waals surface area contributed by atoms with E-state index in [9.17, 15) is 14.9 Å². The molecule has 0 saturated carbocycles. The zero-order valence-corrected chi connectivity index (χ0v) is 18.9. The summed E-state index contributed by atoms with van der Waals surface area (Å²) in [5.74, 6) is 0.292. The minimum atomic E-state index is -0.369. The first-order valence-corrected chi connectivity index (χ1v) is 10.9. The maximum absolute atomic E-state index is 12.5. The topological polar surface area (TPSA) is 91.7 Å². The van der Waals surface area contributed by atoms with Crippen LogP contribution in [-0.4, -0.2) is 37.2 Å². The molecule has 0 radical (unpaired) electrons. The molecule has 0 atom stereocenters. The standard InChI is InChI=1S/C21H20BrN3O4S/c1-3-29-21(27)25-9-8-15-16(11-23)20(30-18(15)12-25)24-19(26)7-4-13-10-14(22)5-6-17(13)28-2/h4-7,10H,3,8-9,12H2,1-2H3,(H,24,26)/b7-4+. The third-order valence-corrected chi connectivity index (χ3v) is 6.16. The van der Waals surface area contributed by atoms with Gasteiger partial charge < -0.3 is 19.7 Å². The van der Waals surface area contributed by atoms with Gasteiger partial charge in [0, 0.05) is 27.5 Å². The van der Waals surface area contributed by atoms with Gasteiger partial charge in [-0.25, -0.2) is 4.79 Å². The van der Waals surface area contributed by atoms with E-state index in [1.807, 2.05) is 12.1 Å². The second-order valence-electron chi connectivity index (χ2n) is 6.40. The summed E-state index contributed by atoms with van der Waals surface area (Å²) in [5, 5.41) is 12.9. The number of benzene rings is 1. The zero-order chi connectivity index (χ0) is 21.7. The Morgan fingerprint density at radius 3 is 2.93 bits per heavy atom. The van der Waals surface area contributed by atoms with E-state index in [4.69, 9.17) is 9.47 Å². The number of fused-ring (bicyclic) bond motifs is 1. The van der Waals surface area contributed by atoms with Crippen LogP contribution in [0.15, 0.2) is 28.7 Å². The molecule has 1 aliphatic rings. The summed E-state index contributed by atoms with van der Waals surface area (Å²) in [6.45, 7) is 2.92. The number of anilines is 1. The summed E-state index contributed by atoms with van der Waals surface area (Å²) in [5.41, 5.74) is 2.09. The Hall–Kier alpha value is -2.83. The molecule has 0 saturated heterocycles. The molecule has 1 N–H and O–H groups in total. The summed E-state index contributed by atoms with van der Waals surface area (Å²) in [7, 11) is 1.57. The number of amides is 2. The number of methoxy groups -OCH3 is 1. The lowest BCUT2D eigenvalue weighted by Gasteiger charge is -2.25. The van der Waals surface area contributed by atoms with Crippen LogP contribution in [0.3, 0.4) is 0 Å². The number of carbonyl (C=O) groups excluding carboxylic acids is 2. The van der Waals surface area contributed by atoms with Crippen molar-refractivity contribution < 1.29 is 19.1 Å². The maximum Gasteiger partial charge on any atom is 0.410 e. The Morgan fingerprint density at radius 2 is 2.23 bits per heavy atom. The molecule has 0 unspecified atom stereocenters. The molecule has 0 fully saturated rings. The minimum absolute atomic E-state index is 0.312. The number of hydrogen-bond donors (Lipinski definition) is 1. The van der Waals surface area contributed by atoms with Crippen molar-refractivity contribution in [2.24, 2.45) is 0 Å². The van der Waals surface area contributed by atoms with Gasteiger partial charge in [-0.05, 0) is 43.2 Å². The highest BCUT2D eigenvalue weighted by molar-refractivity contribution is 9.10. The van der Waals surface area contributed by atoms with Gasteiger partial charge in [0.2, 0.25) is 5.91 Å². The van der Waals surface area contributed by atoms with Crippen LogP contribution in [0.1, 0.15) is 28.5 Å². The molecule has 0 spiro atoms. The number of nitriles is 1. The van der Waals surface area contributed by atoms with Crippen molar-refractivity contribution in [2.45, 2.75) is 19.9 Å². The van der Waals surface area contributed by atoms with Gasteiger partial charge in [0.25, 0.3) is 0 Å². The first-order chi connectivity index (χ1) is 14.5. The smallest absolute Gasteiger partial charge is 0.410 e. The Kier molecular flexibility index (Phi) is 7.13. The molecule has 1 aliphatic heterocycles. The molecule has 2 amide bonds. The van der Waals surface area contributed by atoms with Gasteiger partial charge in [-0.2, -0.15) is 5.26 Å². The van der Waals surface area contributed by atoms with Crippen molar-refractivity contribution in [3.63, 3.8) is 0 Å². The number of nitrogens with one attached hydrogen (secondary N) is 1. The van der Waals surface area contributed by atoms with Gasteiger partial charge in [-0.1, -0.05) is 15.9 Å². The predicted octanol–water partition coefficient (Wildman–Crippen LogP) is 4.56. The van der Waals surface area contributed by atoms with Gasteiger partial charge in [-0.3, -0.25) is 4.79 Å². The van der Waals surface area contributed by atoms with E-state index >= 15 is 0 Å². The molecule has 7 nitrogen and oxygen atoms in total.